The van der Waals surface area contributed by atoms with Crippen molar-refractivity contribution in [1.82, 2.24) is 9.80 Å². The zero-order chi connectivity index (χ0) is 30.3. The van der Waals surface area contributed by atoms with Crippen molar-refractivity contribution in [3.8, 4) is 11.5 Å². The number of carbonyl (C=O) groups excluding carboxylic acids is 2. The third-order valence-corrected chi connectivity index (χ3v) is 7.39. The molecule has 0 saturated carbocycles. The molecule has 43 heavy (non-hydrogen) atoms. The maximum absolute atomic E-state index is 13.4. The number of Topliss-reactive ketones (excluding diaryl/α,β-unsaturated/α-hetero) is 1. The molecule has 1 amide bonds. The maximum atomic E-state index is 13.4. The molecule has 1 atom stereocenters. The van der Waals surface area contributed by atoms with E-state index in [1.54, 1.807) is 24.3 Å². The molecule has 0 spiro atoms. The van der Waals surface area contributed by atoms with E-state index < -0.39 is 17.7 Å². The molecule has 1 aliphatic heterocycles. The number of hydrogen-bond acceptors (Lipinski definition) is 6. The molecule has 220 valence electrons. The first-order chi connectivity index (χ1) is 20.8. The number of likely N-dealkylation sites (N-methyl/N-ethyl adjacent to an activating group) is 1. The van der Waals surface area contributed by atoms with Gasteiger partial charge in [-0.05, 0) is 74.1 Å². The SMILES string of the molecule is Cc1cccc(COc2ccc(/C(O)=C3\C(=O)C(=O)N(CCN(C)C)C3c3ccc(OCc4ccccc4)cc3)cc2)c1. The predicted molar refractivity (Wildman–Crippen MR) is 167 cm³/mol. The summed E-state index contributed by atoms with van der Waals surface area (Å²) in [7, 11) is 3.82. The van der Waals surface area contributed by atoms with Gasteiger partial charge in [0, 0.05) is 18.7 Å². The quantitative estimate of drug-likeness (QED) is 0.131. The van der Waals surface area contributed by atoms with Crippen LogP contribution in [0.4, 0.5) is 0 Å². The Morgan fingerprint density at radius 2 is 1.40 bits per heavy atom. The number of amides is 1. The van der Waals surface area contributed by atoms with Gasteiger partial charge in [-0.25, -0.2) is 0 Å². The number of ketones is 1. The molecule has 7 nitrogen and oxygen atoms in total. The molecular weight excluding hydrogens is 540 g/mol. The van der Waals surface area contributed by atoms with Crippen molar-refractivity contribution in [2.75, 3.05) is 27.2 Å². The number of nitrogens with zero attached hydrogens (tertiary/aromatic N) is 2. The van der Waals surface area contributed by atoms with Crippen LogP contribution in [-0.4, -0.2) is 53.8 Å². The average molecular weight is 577 g/mol. The van der Waals surface area contributed by atoms with E-state index in [0.29, 0.717) is 48.9 Å². The van der Waals surface area contributed by atoms with Crippen molar-refractivity contribution < 1.29 is 24.2 Å². The molecule has 1 N–H and O–H groups in total. The molecule has 1 fully saturated rings. The molecule has 1 aliphatic rings. The van der Waals surface area contributed by atoms with Crippen molar-refractivity contribution in [3.63, 3.8) is 0 Å². The topological polar surface area (TPSA) is 79.3 Å². The number of hydrogen-bond donors (Lipinski definition) is 1. The fourth-order valence-electron chi connectivity index (χ4n) is 5.09. The minimum atomic E-state index is -0.736. The Kier molecular flexibility index (Phi) is 9.23. The number of rotatable bonds is 11. The van der Waals surface area contributed by atoms with Crippen LogP contribution in [0.25, 0.3) is 5.76 Å². The van der Waals surface area contributed by atoms with Crippen LogP contribution in [0.1, 0.15) is 33.9 Å². The van der Waals surface area contributed by atoms with Gasteiger partial charge in [0.05, 0.1) is 11.6 Å². The number of aliphatic hydroxyl groups excluding tert-OH is 1. The minimum absolute atomic E-state index is 0.0649. The molecule has 0 aliphatic carbocycles. The summed E-state index contributed by atoms with van der Waals surface area (Å²) in [6, 6.07) is 31.5. The zero-order valence-corrected chi connectivity index (χ0v) is 24.7. The van der Waals surface area contributed by atoms with Gasteiger partial charge in [-0.2, -0.15) is 0 Å². The number of likely N-dealkylation sites (tertiary alicyclic amines) is 1. The summed E-state index contributed by atoms with van der Waals surface area (Å²) < 4.78 is 11.9. The Balaban J connectivity index is 1.40. The summed E-state index contributed by atoms with van der Waals surface area (Å²) in [4.78, 5) is 30.1. The minimum Gasteiger partial charge on any atom is -0.507 e. The second kappa shape index (κ2) is 13.4. The fraction of sp³-hybridized carbons (Fsp3) is 0.222. The van der Waals surface area contributed by atoms with Crippen LogP contribution in [0.5, 0.6) is 11.5 Å². The van der Waals surface area contributed by atoms with E-state index in [2.05, 4.69) is 6.07 Å². The first-order valence-corrected chi connectivity index (χ1v) is 14.3. The first kappa shape index (κ1) is 29.6. The van der Waals surface area contributed by atoms with E-state index in [0.717, 1.165) is 16.7 Å². The average Bonchev–Trinajstić information content (AvgIpc) is 3.27. The van der Waals surface area contributed by atoms with Crippen molar-refractivity contribution in [2.24, 2.45) is 0 Å². The Morgan fingerprint density at radius 3 is 2.02 bits per heavy atom. The molecule has 0 bridgehead atoms. The van der Waals surface area contributed by atoms with E-state index >= 15 is 0 Å². The van der Waals surface area contributed by atoms with Crippen LogP contribution in [-0.2, 0) is 22.8 Å². The lowest BCUT2D eigenvalue weighted by atomic mass is 9.95. The molecule has 1 saturated heterocycles. The van der Waals surface area contributed by atoms with Gasteiger partial charge in [0.1, 0.15) is 30.5 Å². The van der Waals surface area contributed by atoms with Crippen LogP contribution in [0.3, 0.4) is 0 Å². The lowest BCUT2D eigenvalue weighted by Gasteiger charge is -2.26. The van der Waals surface area contributed by atoms with Crippen LogP contribution in [0, 0.1) is 6.92 Å². The second-order valence-corrected chi connectivity index (χ2v) is 10.9. The monoisotopic (exact) mass is 576 g/mol. The third-order valence-electron chi connectivity index (χ3n) is 7.39. The Labute approximate surface area is 252 Å². The lowest BCUT2D eigenvalue weighted by molar-refractivity contribution is -0.140. The number of carbonyl (C=O) groups is 2. The molecule has 0 radical (unpaired) electrons. The summed E-state index contributed by atoms with van der Waals surface area (Å²) in [5, 5.41) is 11.4. The number of aryl methyl sites for hydroxylation is 1. The molecular formula is C36H36N2O5. The van der Waals surface area contributed by atoms with Gasteiger partial charge in [-0.3, -0.25) is 9.59 Å². The Hall–Kier alpha value is -4.88. The van der Waals surface area contributed by atoms with Gasteiger partial charge in [-0.1, -0.05) is 72.3 Å². The molecule has 4 aromatic carbocycles. The van der Waals surface area contributed by atoms with Crippen molar-refractivity contribution >= 4 is 17.4 Å². The highest BCUT2D eigenvalue weighted by atomic mass is 16.5. The highest BCUT2D eigenvalue weighted by molar-refractivity contribution is 6.46. The predicted octanol–water partition coefficient (Wildman–Crippen LogP) is 6.14. The Bertz CT molecular complexity index is 1600. The van der Waals surface area contributed by atoms with Crippen LogP contribution >= 0.6 is 0 Å². The highest BCUT2D eigenvalue weighted by Gasteiger charge is 2.45. The van der Waals surface area contributed by atoms with Gasteiger partial charge in [-0.15, -0.1) is 0 Å². The van der Waals surface area contributed by atoms with Crippen molar-refractivity contribution in [2.45, 2.75) is 26.2 Å². The summed E-state index contributed by atoms with van der Waals surface area (Å²) in [5.41, 5.74) is 4.48. The molecule has 7 heteroatoms. The van der Waals surface area contributed by atoms with Crippen molar-refractivity contribution in [1.29, 1.82) is 0 Å². The van der Waals surface area contributed by atoms with Crippen LogP contribution in [0.2, 0.25) is 0 Å². The summed E-state index contributed by atoms with van der Waals surface area (Å²) in [5.74, 6) is -0.252. The molecule has 0 aromatic heterocycles. The van der Waals surface area contributed by atoms with Crippen LogP contribution < -0.4 is 9.47 Å². The number of aliphatic hydroxyl groups is 1. The van der Waals surface area contributed by atoms with Crippen LogP contribution in [0.15, 0.2) is 109 Å². The van der Waals surface area contributed by atoms with Gasteiger partial charge >= 0.3 is 0 Å². The second-order valence-electron chi connectivity index (χ2n) is 10.9. The largest absolute Gasteiger partial charge is 0.507 e. The van der Waals surface area contributed by atoms with E-state index in [1.807, 2.05) is 98.7 Å². The van der Waals surface area contributed by atoms with Gasteiger partial charge in [0.2, 0.25) is 0 Å². The first-order valence-electron chi connectivity index (χ1n) is 14.3. The van der Waals surface area contributed by atoms with Gasteiger partial charge in [0.15, 0.2) is 0 Å². The van der Waals surface area contributed by atoms with Gasteiger partial charge < -0.3 is 24.4 Å². The van der Waals surface area contributed by atoms with E-state index in [1.165, 1.54) is 4.90 Å². The molecule has 1 unspecified atom stereocenters. The summed E-state index contributed by atoms with van der Waals surface area (Å²) >= 11 is 0. The van der Waals surface area contributed by atoms with E-state index in [9.17, 15) is 14.7 Å². The van der Waals surface area contributed by atoms with E-state index in [4.69, 9.17) is 9.47 Å². The fourth-order valence-corrected chi connectivity index (χ4v) is 5.09. The van der Waals surface area contributed by atoms with Gasteiger partial charge in [0.25, 0.3) is 11.7 Å². The third kappa shape index (κ3) is 7.13. The molecule has 4 aromatic rings. The molecule has 5 rings (SSSR count). The zero-order valence-electron chi connectivity index (χ0n) is 24.7. The lowest BCUT2D eigenvalue weighted by Crippen LogP contribution is -2.35. The maximum Gasteiger partial charge on any atom is 0.295 e. The number of benzene rings is 4. The normalized spacial score (nSPS) is 16.1. The summed E-state index contributed by atoms with van der Waals surface area (Å²) in [6.45, 7) is 3.76. The smallest absolute Gasteiger partial charge is 0.295 e. The summed E-state index contributed by atoms with van der Waals surface area (Å²) in [6.07, 6.45) is 0. The number of ether oxygens (including phenoxy) is 2. The molecule has 1 heterocycles. The Morgan fingerprint density at radius 1 is 0.791 bits per heavy atom. The standard InChI is InChI=1S/C36H36N2O5/c1-25-8-7-11-27(22-25)24-43-31-18-14-29(15-19-31)34(39)32-33(38(21-20-37(2)3)36(41)35(32)40)28-12-16-30(17-13-28)42-23-26-9-5-4-6-10-26/h4-19,22,33,39H,20-21,23-24H2,1-3H3/b34-32+. The van der Waals surface area contributed by atoms with E-state index in [-0.39, 0.29) is 11.3 Å². The van der Waals surface area contributed by atoms with Crippen molar-refractivity contribution in [3.05, 3.63) is 137 Å². The highest BCUT2D eigenvalue weighted by Crippen LogP contribution is 2.40.